The van der Waals surface area contributed by atoms with E-state index < -0.39 is 11.2 Å². The molecule has 0 radical (unpaired) electrons. The zero-order valence-electron chi connectivity index (χ0n) is 17.4. The number of carbonyl (C=O) groups is 1. The number of nitrogen functional groups attached to an aromatic ring is 1. The molecule has 1 aliphatic rings. The number of nitrogens with one attached hydrogen (secondary N) is 1. The van der Waals surface area contributed by atoms with Crippen LogP contribution in [0.4, 0.5) is 11.5 Å². The molecular weight excluding hydrogens is 400 g/mol. The average Bonchev–Trinajstić information content (AvgIpc) is 3.26. The Morgan fingerprint density at radius 3 is 2.60 bits per heavy atom. The number of aromatic nitrogens is 2. The Bertz CT molecular complexity index is 965. The summed E-state index contributed by atoms with van der Waals surface area (Å²) in [6.07, 6.45) is 6.32. The third-order valence-electron chi connectivity index (χ3n) is 5.45. The molecule has 7 nitrogen and oxygen atoms in total. The number of carbonyl (C=O) groups excluding carboxylic acids is 1. The molecule has 1 fully saturated rings. The van der Waals surface area contributed by atoms with Crippen molar-refractivity contribution in [1.29, 1.82) is 0 Å². The number of benzene rings is 1. The predicted octanol–water partition coefficient (Wildman–Crippen LogP) is 2.98. The fraction of sp³-hybridized carbons (Fsp3) is 0.500. The monoisotopic (exact) mass is 430 g/mol. The second-order valence-corrected chi connectivity index (χ2v) is 8.97. The number of amides is 1. The molecule has 0 saturated heterocycles. The van der Waals surface area contributed by atoms with E-state index in [1.165, 1.54) is 22.3 Å². The smallest absolute Gasteiger partial charge is 0.330 e. The van der Waals surface area contributed by atoms with Gasteiger partial charge in [-0.05, 0) is 24.8 Å². The van der Waals surface area contributed by atoms with E-state index >= 15 is 0 Å². The van der Waals surface area contributed by atoms with Crippen LogP contribution in [-0.2, 0) is 11.3 Å². The zero-order valence-corrected chi connectivity index (χ0v) is 18.2. The Morgan fingerprint density at radius 2 is 1.93 bits per heavy atom. The van der Waals surface area contributed by atoms with Crippen LogP contribution in [0.1, 0.15) is 51.0 Å². The summed E-state index contributed by atoms with van der Waals surface area (Å²) in [5.41, 5.74) is 6.08. The third-order valence-corrected chi connectivity index (χ3v) is 6.81. The van der Waals surface area contributed by atoms with E-state index in [-0.39, 0.29) is 24.0 Å². The number of thioether (sulfide) groups is 1. The normalized spacial score (nSPS) is 14.2. The first-order chi connectivity index (χ1) is 14.5. The molecule has 8 heteroatoms. The molecule has 1 aromatic carbocycles. The van der Waals surface area contributed by atoms with Crippen molar-refractivity contribution in [3.8, 4) is 0 Å². The van der Waals surface area contributed by atoms with E-state index in [1.807, 2.05) is 37.3 Å². The Labute approximate surface area is 180 Å². The molecule has 0 bridgehead atoms. The van der Waals surface area contributed by atoms with Crippen LogP contribution in [0.2, 0.25) is 0 Å². The van der Waals surface area contributed by atoms with Crippen LogP contribution in [0.15, 0.2) is 39.9 Å². The maximum Gasteiger partial charge on any atom is 0.330 e. The molecule has 0 aliphatic heterocycles. The molecule has 1 aliphatic carbocycles. The first kappa shape index (κ1) is 22.2. The molecule has 0 unspecified atom stereocenters. The van der Waals surface area contributed by atoms with Crippen molar-refractivity contribution >= 4 is 29.2 Å². The molecule has 3 rings (SSSR count). The van der Waals surface area contributed by atoms with Crippen LogP contribution < -0.4 is 21.9 Å². The molecule has 0 spiro atoms. The number of rotatable bonds is 9. The maximum atomic E-state index is 13.1. The molecule has 1 saturated carbocycles. The first-order valence-corrected chi connectivity index (χ1v) is 11.6. The SMILES string of the molecule is CCCCN(C(=O)CSC1CCCC1)c1c(N)n(Cc2ccccc2)c(=O)[nH]c1=O. The average molecular weight is 431 g/mol. The highest BCUT2D eigenvalue weighted by molar-refractivity contribution is 8.00. The Kier molecular flexibility index (Phi) is 7.79. The van der Waals surface area contributed by atoms with Gasteiger partial charge in [-0.25, -0.2) is 4.79 Å². The fourth-order valence-corrected chi connectivity index (χ4v) is 4.96. The lowest BCUT2D eigenvalue weighted by Gasteiger charge is -2.25. The van der Waals surface area contributed by atoms with Crippen LogP contribution in [0.25, 0.3) is 0 Å². The maximum absolute atomic E-state index is 13.1. The third kappa shape index (κ3) is 5.36. The van der Waals surface area contributed by atoms with Gasteiger partial charge in [0.1, 0.15) is 5.82 Å². The van der Waals surface area contributed by atoms with Crippen molar-refractivity contribution in [2.45, 2.75) is 57.2 Å². The Balaban J connectivity index is 1.91. The second kappa shape index (κ2) is 10.5. The number of unbranched alkanes of at least 4 members (excludes halogenated alkanes) is 1. The molecule has 2 aromatic rings. The van der Waals surface area contributed by atoms with Crippen molar-refractivity contribution in [1.82, 2.24) is 9.55 Å². The summed E-state index contributed by atoms with van der Waals surface area (Å²) in [7, 11) is 0. The second-order valence-electron chi connectivity index (χ2n) is 7.68. The molecule has 1 heterocycles. The summed E-state index contributed by atoms with van der Waals surface area (Å²) < 4.78 is 1.32. The van der Waals surface area contributed by atoms with Crippen molar-refractivity contribution in [3.63, 3.8) is 0 Å². The molecule has 0 atom stereocenters. The highest BCUT2D eigenvalue weighted by Crippen LogP contribution is 2.30. The molecule has 1 aromatic heterocycles. The van der Waals surface area contributed by atoms with Gasteiger partial charge >= 0.3 is 5.69 Å². The van der Waals surface area contributed by atoms with Crippen molar-refractivity contribution in [2.24, 2.45) is 0 Å². The van der Waals surface area contributed by atoms with Crippen molar-refractivity contribution in [2.75, 3.05) is 22.9 Å². The number of H-pyrrole nitrogens is 1. The summed E-state index contributed by atoms with van der Waals surface area (Å²) in [5.74, 6) is 0.204. The van der Waals surface area contributed by atoms with Gasteiger partial charge in [0.25, 0.3) is 5.56 Å². The van der Waals surface area contributed by atoms with Gasteiger partial charge in [0.05, 0.1) is 12.3 Å². The van der Waals surface area contributed by atoms with Crippen molar-refractivity contribution < 1.29 is 4.79 Å². The predicted molar refractivity (Wildman–Crippen MR) is 123 cm³/mol. The number of aromatic amines is 1. The number of hydrogen-bond donors (Lipinski definition) is 2. The van der Waals surface area contributed by atoms with Gasteiger partial charge in [-0.15, -0.1) is 11.8 Å². The summed E-state index contributed by atoms with van der Waals surface area (Å²) in [5, 5.41) is 0.504. The summed E-state index contributed by atoms with van der Waals surface area (Å²) in [6.45, 7) is 2.65. The quantitative estimate of drug-likeness (QED) is 0.637. The molecule has 1 amide bonds. The fourth-order valence-electron chi connectivity index (χ4n) is 3.76. The molecule has 3 N–H and O–H groups in total. The van der Waals surface area contributed by atoms with E-state index in [9.17, 15) is 14.4 Å². The van der Waals surface area contributed by atoms with Crippen LogP contribution in [-0.4, -0.2) is 33.0 Å². The van der Waals surface area contributed by atoms with E-state index in [1.54, 1.807) is 11.8 Å². The highest BCUT2D eigenvalue weighted by atomic mass is 32.2. The minimum Gasteiger partial charge on any atom is -0.383 e. The van der Waals surface area contributed by atoms with Gasteiger partial charge < -0.3 is 10.6 Å². The minimum atomic E-state index is -0.614. The van der Waals surface area contributed by atoms with Crippen LogP contribution >= 0.6 is 11.8 Å². The summed E-state index contributed by atoms with van der Waals surface area (Å²) >= 11 is 1.66. The van der Waals surface area contributed by atoms with Crippen LogP contribution in [0.3, 0.4) is 0 Å². The Hall–Kier alpha value is -2.48. The molecule has 30 heavy (non-hydrogen) atoms. The Morgan fingerprint density at radius 1 is 1.23 bits per heavy atom. The number of hydrogen-bond acceptors (Lipinski definition) is 5. The lowest BCUT2D eigenvalue weighted by Crippen LogP contribution is -2.42. The van der Waals surface area contributed by atoms with Gasteiger partial charge in [0.15, 0.2) is 5.69 Å². The van der Waals surface area contributed by atoms with Crippen LogP contribution in [0, 0.1) is 0 Å². The van der Waals surface area contributed by atoms with E-state index in [2.05, 4.69) is 4.98 Å². The van der Waals surface area contributed by atoms with Crippen LogP contribution in [0.5, 0.6) is 0 Å². The summed E-state index contributed by atoms with van der Waals surface area (Å²) in [6, 6.07) is 9.41. The van der Waals surface area contributed by atoms with Gasteiger partial charge in [0, 0.05) is 11.8 Å². The largest absolute Gasteiger partial charge is 0.383 e. The molecular formula is C22H30N4O3S. The number of anilines is 2. The highest BCUT2D eigenvalue weighted by Gasteiger charge is 2.25. The minimum absolute atomic E-state index is 0.0305. The van der Waals surface area contributed by atoms with Gasteiger partial charge in [-0.1, -0.05) is 56.5 Å². The van der Waals surface area contributed by atoms with Gasteiger partial charge in [-0.3, -0.25) is 19.1 Å². The summed E-state index contributed by atoms with van der Waals surface area (Å²) in [4.78, 5) is 42.0. The van der Waals surface area contributed by atoms with Gasteiger partial charge in [0.2, 0.25) is 5.91 Å². The number of nitrogens with zero attached hydrogens (tertiary/aromatic N) is 2. The lowest BCUT2D eigenvalue weighted by molar-refractivity contribution is -0.116. The van der Waals surface area contributed by atoms with E-state index in [0.717, 1.165) is 31.2 Å². The van der Waals surface area contributed by atoms with Gasteiger partial charge in [-0.2, -0.15) is 0 Å². The number of nitrogens with two attached hydrogens (primary N) is 1. The first-order valence-electron chi connectivity index (χ1n) is 10.6. The zero-order chi connectivity index (χ0) is 21.5. The van der Waals surface area contributed by atoms with E-state index in [4.69, 9.17) is 5.73 Å². The molecule has 162 valence electrons. The van der Waals surface area contributed by atoms with Crippen molar-refractivity contribution in [3.05, 3.63) is 56.7 Å². The van der Waals surface area contributed by atoms with E-state index in [0.29, 0.717) is 17.5 Å². The topological polar surface area (TPSA) is 101 Å². The lowest BCUT2D eigenvalue weighted by atomic mass is 10.2. The standard InChI is InChI=1S/C22H30N4O3S/c1-2-3-13-25(18(27)15-30-17-11-7-8-12-17)19-20(23)26(22(29)24-21(19)28)14-16-9-5-4-6-10-16/h4-6,9-10,17H,2-3,7-8,11-15,23H2,1H3,(H,24,28,29).